The topological polar surface area (TPSA) is 12.0 Å². The Morgan fingerprint density at radius 1 is 1.21 bits per heavy atom. The monoisotopic (exact) mass is 197 g/mol. The van der Waals surface area contributed by atoms with Crippen molar-refractivity contribution < 1.29 is 0 Å². The highest BCUT2D eigenvalue weighted by Crippen LogP contribution is 2.34. The third-order valence-electron chi connectivity index (χ3n) is 3.77. The van der Waals surface area contributed by atoms with Gasteiger partial charge in [-0.1, -0.05) is 40.5 Å². The Bertz CT molecular complexity index is 155. The van der Waals surface area contributed by atoms with Crippen LogP contribution in [0.25, 0.3) is 0 Å². The standard InChI is InChI=1S/C13H27N/c1-5-10(4)8-12(7-3)14-13-9-11(13)6-2/h10-14H,5-9H2,1-4H3. The van der Waals surface area contributed by atoms with Crippen molar-refractivity contribution in [2.24, 2.45) is 11.8 Å². The zero-order valence-corrected chi connectivity index (χ0v) is 10.3. The molecule has 0 aromatic carbocycles. The summed E-state index contributed by atoms with van der Waals surface area (Å²) >= 11 is 0. The minimum Gasteiger partial charge on any atom is -0.311 e. The van der Waals surface area contributed by atoms with E-state index in [0.717, 1.165) is 23.9 Å². The van der Waals surface area contributed by atoms with Gasteiger partial charge < -0.3 is 5.32 Å². The second-order valence-electron chi connectivity index (χ2n) is 5.03. The van der Waals surface area contributed by atoms with Gasteiger partial charge in [0, 0.05) is 12.1 Å². The maximum Gasteiger partial charge on any atom is 0.0102 e. The molecule has 0 aromatic heterocycles. The van der Waals surface area contributed by atoms with Crippen molar-refractivity contribution in [2.75, 3.05) is 0 Å². The van der Waals surface area contributed by atoms with Crippen LogP contribution in [0, 0.1) is 11.8 Å². The van der Waals surface area contributed by atoms with Gasteiger partial charge in [-0.15, -0.1) is 0 Å². The zero-order chi connectivity index (χ0) is 10.6. The molecule has 1 rings (SSSR count). The highest BCUT2D eigenvalue weighted by atomic mass is 15.0. The maximum absolute atomic E-state index is 3.81. The fourth-order valence-corrected chi connectivity index (χ4v) is 2.21. The Labute approximate surface area is 89.7 Å². The smallest absolute Gasteiger partial charge is 0.0102 e. The van der Waals surface area contributed by atoms with Crippen LogP contribution in [0.2, 0.25) is 0 Å². The van der Waals surface area contributed by atoms with Gasteiger partial charge in [0.05, 0.1) is 0 Å². The van der Waals surface area contributed by atoms with Crippen LogP contribution in [-0.4, -0.2) is 12.1 Å². The molecule has 1 heteroatoms. The van der Waals surface area contributed by atoms with Gasteiger partial charge in [0.15, 0.2) is 0 Å². The average Bonchev–Trinajstić information content (AvgIpc) is 2.95. The van der Waals surface area contributed by atoms with Crippen LogP contribution in [0.1, 0.15) is 59.8 Å². The minimum atomic E-state index is 0.770. The first kappa shape index (κ1) is 12.0. The maximum atomic E-state index is 3.81. The molecular formula is C13H27N. The lowest BCUT2D eigenvalue weighted by Gasteiger charge is -2.20. The average molecular weight is 197 g/mol. The van der Waals surface area contributed by atoms with E-state index in [2.05, 4.69) is 33.0 Å². The summed E-state index contributed by atoms with van der Waals surface area (Å²) in [5, 5.41) is 3.81. The van der Waals surface area contributed by atoms with Crippen LogP contribution < -0.4 is 5.32 Å². The van der Waals surface area contributed by atoms with Crippen molar-refractivity contribution in [1.82, 2.24) is 5.32 Å². The normalized spacial score (nSPS) is 30.0. The fourth-order valence-electron chi connectivity index (χ4n) is 2.21. The molecule has 0 bridgehead atoms. The van der Waals surface area contributed by atoms with Crippen LogP contribution in [0.4, 0.5) is 0 Å². The lowest BCUT2D eigenvalue weighted by atomic mass is 9.98. The molecule has 4 unspecified atom stereocenters. The van der Waals surface area contributed by atoms with Crippen LogP contribution in [0.3, 0.4) is 0 Å². The molecule has 0 radical (unpaired) electrons. The van der Waals surface area contributed by atoms with Gasteiger partial charge in [-0.3, -0.25) is 0 Å². The molecule has 1 N–H and O–H groups in total. The molecule has 1 aliphatic carbocycles. The molecule has 4 atom stereocenters. The summed E-state index contributed by atoms with van der Waals surface area (Å²) in [7, 11) is 0. The Kier molecular flexibility index (Phi) is 4.94. The van der Waals surface area contributed by atoms with Crippen molar-refractivity contribution in [1.29, 1.82) is 0 Å². The molecule has 0 aliphatic heterocycles. The first-order chi connectivity index (χ1) is 6.71. The third-order valence-corrected chi connectivity index (χ3v) is 3.77. The van der Waals surface area contributed by atoms with Crippen molar-refractivity contribution in [2.45, 2.75) is 71.9 Å². The SMILES string of the molecule is CCC(C)CC(CC)NC1CC1CC. The van der Waals surface area contributed by atoms with Crippen LogP contribution in [-0.2, 0) is 0 Å². The molecule has 1 saturated carbocycles. The summed E-state index contributed by atoms with van der Waals surface area (Å²) < 4.78 is 0. The molecule has 84 valence electrons. The number of nitrogens with one attached hydrogen (secondary N) is 1. The molecule has 1 fully saturated rings. The summed E-state index contributed by atoms with van der Waals surface area (Å²) in [6.45, 7) is 9.28. The summed E-state index contributed by atoms with van der Waals surface area (Å²) in [6.07, 6.45) is 6.75. The molecule has 14 heavy (non-hydrogen) atoms. The molecule has 1 aliphatic rings. The molecule has 1 nitrogen and oxygen atoms in total. The van der Waals surface area contributed by atoms with Gasteiger partial charge in [-0.2, -0.15) is 0 Å². The highest BCUT2D eigenvalue weighted by molar-refractivity contribution is 4.93. The highest BCUT2D eigenvalue weighted by Gasteiger charge is 2.36. The Morgan fingerprint density at radius 2 is 1.93 bits per heavy atom. The van der Waals surface area contributed by atoms with Crippen LogP contribution in [0.15, 0.2) is 0 Å². The van der Waals surface area contributed by atoms with Crippen molar-refractivity contribution in [3.8, 4) is 0 Å². The van der Waals surface area contributed by atoms with Gasteiger partial charge in [-0.05, 0) is 31.1 Å². The van der Waals surface area contributed by atoms with Crippen molar-refractivity contribution >= 4 is 0 Å². The van der Waals surface area contributed by atoms with E-state index >= 15 is 0 Å². The Balaban J connectivity index is 2.19. The molecular weight excluding hydrogens is 170 g/mol. The van der Waals surface area contributed by atoms with E-state index in [1.165, 1.54) is 32.1 Å². The number of hydrogen-bond acceptors (Lipinski definition) is 1. The summed E-state index contributed by atoms with van der Waals surface area (Å²) in [6, 6.07) is 1.63. The van der Waals surface area contributed by atoms with Gasteiger partial charge in [0.25, 0.3) is 0 Å². The van der Waals surface area contributed by atoms with Gasteiger partial charge >= 0.3 is 0 Å². The fraction of sp³-hybridized carbons (Fsp3) is 1.00. The molecule has 0 spiro atoms. The number of hydrogen-bond donors (Lipinski definition) is 1. The zero-order valence-electron chi connectivity index (χ0n) is 10.3. The summed E-state index contributed by atoms with van der Waals surface area (Å²) in [5.74, 6) is 1.87. The second kappa shape index (κ2) is 5.75. The van der Waals surface area contributed by atoms with Crippen LogP contribution in [0.5, 0.6) is 0 Å². The van der Waals surface area contributed by atoms with Gasteiger partial charge in [0.2, 0.25) is 0 Å². The van der Waals surface area contributed by atoms with Crippen molar-refractivity contribution in [3.05, 3.63) is 0 Å². The second-order valence-corrected chi connectivity index (χ2v) is 5.03. The van der Waals surface area contributed by atoms with Gasteiger partial charge in [-0.25, -0.2) is 0 Å². The summed E-state index contributed by atoms with van der Waals surface area (Å²) in [4.78, 5) is 0. The van der Waals surface area contributed by atoms with E-state index in [4.69, 9.17) is 0 Å². The third kappa shape index (κ3) is 3.61. The largest absolute Gasteiger partial charge is 0.311 e. The Hall–Kier alpha value is -0.0400. The minimum absolute atomic E-state index is 0.770. The van der Waals surface area contributed by atoms with E-state index < -0.39 is 0 Å². The molecule has 0 saturated heterocycles. The quantitative estimate of drug-likeness (QED) is 0.657. The van der Waals surface area contributed by atoms with Crippen molar-refractivity contribution in [3.63, 3.8) is 0 Å². The molecule has 0 amide bonds. The molecule has 0 aromatic rings. The van der Waals surface area contributed by atoms with E-state index in [1.807, 2.05) is 0 Å². The molecule has 0 heterocycles. The van der Waals surface area contributed by atoms with E-state index in [-0.39, 0.29) is 0 Å². The van der Waals surface area contributed by atoms with E-state index in [1.54, 1.807) is 0 Å². The lowest BCUT2D eigenvalue weighted by Crippen LogP contribution is -2.32. The lowest BCUT2D eigenvalue weighted by molar-refractivity contribution is 0.377. The van der Waals surface area contributed by atoms with Gasteiger partial charge in [0.1, 0.15) is 0 Å². The van der Waals surface area contributed by atoms with Crippen LogP contribution >= 0.6 is 0 Å². The predicted molar refractivity (Wildman–Crippen MR) is 63.5 cm³/mol. The Morgan fingerprint density at radius 3 is 2.36 bits per heavy atom. The van der Waals surface area contributed by atoms with E-state index in [0.29, 0.717) is 0 Å². The predicted octanol–water partition coefficient (Wildman–Crippen LogP) is 3.59. The summed E-state index contributed by atoms with van der Waals surface area (Å²) in [5.41, 5.74) is 0. The first-order valence-electron chi connectivity index (χ1n) is 6.47. The van der Waals surface area contributed by atoms with E-state index in [9.17, 15) is 0 Å². The first-order valence-corrected chi connectivity index (χ1v) is 6.47. The number of rotatable bonds is 7.